The van der Waals surface area contributed by atoms with Gasteiger partial charge in [-0.2, -0.15) is 5.26 Å². The third kappa shape index (κ3) is 10.7. The van der Waals surface area contributed by atoms with Crippen LogP contribution in [-0.2, 0) is 21.7 Å². The number of nitriles is 1. The van der Waals surface area contributed by atoms with Crippen molar-refractivity contribution in [3.63, 3.8) is 0 Å². The van der Waals surface area contributed by atoms with Gasteiger partial charge in [-0.15, -0.1) is 0 Å². The van der Waals surface area contributed by atoms with Gasteiger partial charge in [0.1, 0.15) is 0 Å². The van der Waals surface area contributed by atoms with Crippen LogP contribution in [0, 0.1) is 24.5 Å². The Kier molecular flexibility index (Phi) is 14.2. The molecule has 438 valence electrons. The molecular formula is C82H70N8. The van der Waals surface area contributed by atoms with E-state index in [-0.39, 0.29) is 21.7 Å². The standard InChI is InChI=1S/C82H70N8/c1-79(2,3)58-29-39-70-66(45-58)67-46-59(80(4,5)6)30-40-71(67)89(70)74-43-56(53-23-33-62(84-13)34-24-53)27-37-64(74)77-86-76(55-21-19-52(20-22-55)51-17-15-50(49-83)16-18-51)87-78(88-77)65-38-28-57(54-25-35-63(85-14)36-26-54)44-75(65)90-72-41-31-60(81(7,8)9)47-68(72)69-48-61(82(10,11)12)32-42-73(69)90/h15-48H,1-12H3. The van der Waals surface area contributed by atoms with Gasteiger partial charge < -0.3 is 9.13 Å². The molecule has 0 spiro atoms. The van der Waals surface area contributed by atoms with Crippen LogP contribution in [-0.4, -0.2) is 24.1 Å². The Labute approximate surface area is 528 Å². The molecule has 0 unspecified atom stereocenters. The van der Waals surface area contributed by atoms with Gasteiger partial charge >= 0.3 is 0 Å². The van der Waals surface area contributed by atoms with Crippen LogP contribution < -0.4 is 0 Å². The van der Waals surface area contributed by atoms with Crippen molar-refractivity contribution < 1.29 is 0 Å². The van der Waals surface area contributed by atoms with E-state index in [4.69, 9.17) is 28.1 Å². The summed E-state index contributed by atoms with van der Waals surface area (Å²) < 4.78 is 4.78. The predicted octanol–water partition coefficient (Wildman–Crippen LogP) is 22.2. The number of aromatic nitrogens is 5. The van der Waals surface area contributed by atoms with Crippen LogP contribution >= 0.6 is 0 Å². The Hall–Kier alpha value is -10.7. The van der Waals surface area contributed by atoms with E-state index in [9.17, 15) is 5.26 Å². The molecular weight excluding hydrogens is 1100 g/mol. The molecule has 0 radical (unpaired) electrons. The monoisotopic (exact) mass is 1170 g/mol. The SMILES string of the molecule is [C-]#[N+]c1ccc(-c2ccc(-c3nc(-c4ccc(-c5ccc(C#N)cc5)cc4)nc(-c4ccc(-c5ccc([N+]#[C-])cc5)cc4-n4c5ccc(C(C)(C)C)cc5c5cc(C(C)(C)C)ccc54)n3)c(-n3c4ccc(C(C)(C)C)cc4c4cc(C(C)(C)C)ccc43)c2)cc1. The minimum Gasteiger partial charge on any atom is -0.308 e. The number of benzene rings is 10. The molecule has 0 aliphatic heterocycles. The van der Waals surface area contributed by atoms with E-state index in [1.165, 1.54) is 22.3 Å². The molecule has 0 fully saturated rings. The molecule has 0 saturated carbocycles. The average Bonchev–Trinajstić information content (AvgIpc) is 1.60. The Bertz CT molecular complexity index is 4730. The summed E-state index contributed by atoms with van der Waals surface area (Å²) in [4.78, 5) is 24.4. The highest BCUT2D eigenvalue weighted by atomic mass is 15.1. The first-order valence-electron chi connectivity index (χ1n) is 30.8. The molecule has 0 aliphatic carbocycles. The lowest BCUT2D eigenvalue weighted by Gasteiger charge is -2.20. The van der Waals surface area contributed by atoms with Crippen molar-refractivity contribution in [2.75, 3.05) is 0 Å². The van der Waals surface area contributed by atoms with Crippen molar-refractivity contribution in [3.8, 4) is 85.0 Å². The van der Waals surface area contributed by atoms with Gasteiger partial charge in [-0.05, 0) is 162 Å². The summed E-state index contributed by atoms with van der Waals surface area (Å²) in [7, 11) is 0. The van der Waals surface area contributed by atoms with Gasteiger partial charge in [-0.1, -0.05) is 204 Å². The van der Waals surface area contributed by atoms with Crippen LogP contribution in [0.2, 0.25) is 0 Å². The zero-order chi connectivity index (χ0) is 63.2. The van der Waals surface area contributed by atoms with Crippen LogP contribution in [0.25, 0.3) is 132 Å². The fourth-order valence-corrected chi connectivity index (χ4v) is 12.4. The van der Waals surface area contributed by atoms with Crippen molar-refractivity contribution in [3.05, 3.63) is 257 Å². The quantitative estimate of drug-likeness (QED) is 0.142. The van der Waals surface area contributed by atoms with Gasteiger partial charge in [0.05, 0.1) is 58.2 Å². The second-order valence-corrected chi connectivity index (χ2v) is 28.0. The molecule has 8 nitrogen and oxygen atoms in total. The van der Waals surface area contributed by atoms with Gasteiger partial charge in [0.25, 0.3) is 0 Å². The summed E-state index contributed by atoms with van der Waals surface area (Å²) in [5.41, 5.74) is 20.6. The highest BCUT2D eigenvalue weighted by molar-refractivity contribution is 6.12. The molecule has 3 aromatic heterocycles. The second-order valence-electron chi connectivity index (χ2n) is 28.0. The van der Waals surface area contributed by atoms with Crippen molar-refractivity contribution in [1.82, 2.24) is 24.1 Å². The number of hydrogen-bond acceptors (Lipinski definition) is 4. The molecule has 13 aromatic rings. The molecule has 0 amide bonds. The minimum atomic E-state index is -0.102. The van der Waals surface area contributed by atoms with Crippen molar-refractivity contribution in [2.24, 2.45) is 0 Å². The summed E-state index contributed by atoms with van der Waals surface area (Å²) in [6, 6.07) is 74.6. The fourth-order valence-electron chi connectivity index (χ4n) is 12.4. The molecule has 0 bridgehead atoms. The Morgan fingerprint density at radius 1 is 0.322 bits per heavy atom. The van der Waals surface area contributed by atoms with Crippen LogP contribution in [0.1, 0.15) is 111 Å². The van der Waals surface area contributed by atoms with E-state index in [1.807, 2.05) is 72.8 Å². The van der Waals surface area contributed by atoms with E-state index < -0.39 is 0 Å². The van der Waals surface area contributed by atoms with E-state index in [2.05, 4.69) is 241 Å². The molecule has 10 aromatic carbocycles. The molecule has 0 N–H and O–H groups in total. The van der Waals surface area contributed by atoms with Crippen LogP contribution in [0.3, 0.4) is 0 Å². The molecule has 8 heteroatoms. The summed E-state index contributed by atoms with van der Waals surface area (Å²) in [5, 5.41) is 14.3. The normalized spacial score (nSPS) is 12.2. The first-order valence-corrected chi connectivity index (χ1v) is 30.8. The molecule has 0 saturated heterocycles. The lowest BCUT2D eigenvalue weighted by atomic mass is 9.85. The molecule has 90 heavy (non-hydrogen) atoms. The zero-order valence-electron chi connectivity index (χ0n) is 53.2. The van der Waals surface area contributed by atoms with Gasteiger partial charge in [0, 0.05) is 38.2 Å². The van der Waals surface area contributed by atoms with E-state index >= 15 is 0 Å². The maximum Gasteiger partial charge on any atom is 0.187 e. The lowest BCUT2D eigenvalue weighted by Crippen LogP contribution is -2.10. The fraction of sp³-hybridized carbons (Fsp3) is 0.195. The molecule has 0 atom stereocenters. The van der Waals surface area contributed by atoms with Crippen LogP contribution in [0.4, 0.5) is 11.4 Å². The summed E-state index contributed by atoms with van der Waals surface area (Å²) >= 11 is 0. The predicted molar refractivity (Wildman–Crippen MR) is 373 cm³/mol. The number of hydrogen-bond donors (Lipinski definition) is 0. The van der Waals surface area contributed by atoms with Crippen LogP contribution in [0.5, 0.6) is 0 Å². The van der Waals surface area contributed by atoms with E-state index in [0.29, 0.717) is 34.4 Å². The third-order valence-corrected chi connectivity index (χ3v) is 17.7. The second kappa shape index (κ2) is 21.8. The van der Waals surface area contributed by atoms with Crippen molar-refractivity contribution in [1.29, 1.82) is 5.26 Å². The highest BCUT2D eigenvalue weighted by Gasteiger charge is 2.27. The molecule has 0 aliphatic rings. The first-order chi connectivity index (χ1) is 42.9. The van der Waals surface area contributed by atoms with Crippen molar-refractivity contribution in [2.45, 2.75) is 105 Å². The lowest BCUT2D eigenvalue weighted by molar-refractivity contribution is 0.590. The zero-order valence-corrected chi connectivity index (χ0v) is 53.2. The minimum absolute atomic E-state index is 0.102. The average molecular weight is 1170 g/mol. The molecule has 13 rings (SSSR count). The number of nitrogens with zero attached hydrogens (tertiary/aromatic N) is 8. The third-order valence-electron chi connectivity index (χ3n) is 17.7. The largest absolute Gasteiger partial charge is 0.308 e. The first kappa shape index (κ1) is 58.3. The Morgan fingerprint density at radius 3 is 0.911 bits per heavy atom. The van der Waals surface area contributed by atoms with Gasteiger partial charge in [-0.3, -0.25) is 0 Å². The number of rotatable bonds is 8. The summed E-state index contributed by atoms with van der Waals surface area (Å²) in [6.45, 7) is 42.8. The number of fused-ring (bicyclic) bond motifs is 6. The van der Waals surface area contributed by atoms with Crippen molar-refractivity contribution >= 4 is 55.0 Å². The summed E-state index contributed by atoms with van der Waals surface area (Å²) in [5.74, 6) is 1.47. The smallest absolute Gasteiger partial charge is 0.187 e. The maximum atomic E-state index is 9.62. The summed E-state index contributed by atoms with van der Waals surface area (Å²) in [6.07, 6.45) is 0. The molecule has 3 heterocycles. The topological polar surface area (TPSA) is 81.0 Å². The van der Waals surface area contributed by atoms with Gasteiger partial charge in [0.2, 0.25) is 0 Å². The van der Waals surface area contributed by atoms with Gasteiger partial charge in [0.15, 0.2) is 28.8 Å². The Balaban J connectivity index is 1.13. The van der Waals surface area contributed by atoms with Crippen LogP contribution in [0.15, 0.2) is 206 Å². The van der Waals surface area contributed by atoms with E-state index in [0.717, 1.165) is 105 Å². The van der Waals surface area contributed by atoms with Gasteiger partial charge in [-0.25, -0.2) is 24.6 Å². The Morgan fingerprint density at radius 2 is 0.600 bits per heavy atom. The highest BCUT2D eigenvalue weighted by Crippen LogP contribution is 2.45. The maximum absolute atomic E-state index is 9.62. The van der Waals surface area contributed by atoms with E-state index in [1.54, 1.807) is 0 Å².